The van der Waals surface area contributed by atoms with E-state index >= 15 is 0 Å². The Morgan fingerprint density at radius 2 is 2.00 bits per heavy atom. The number of nitrogens with zero attached hydrogens (tertiary/aromatic N) is 1. The highest BCUT2D eigenvalue weighted by Crippen LogP contribution is 2.36. The van der Waals surface area contributed by atoms with Crippen LogP contribution in [0.4, 0.5) is 0 Å². The molecule has 0 fully saturated rings. The van der Waals surface area contributed by atoms with Gasteiger partial charge in [0.2, 0.25) is 0 Å². The van der Waals surface area contributed by atoms with Crippen molar-refractivity contribution in [3.8, 4) is 0 Å². The van der Waals surface area contributed by atoms with E-state index in [-0.39, 0.29) is 5.92 Å². The SMILES string of the molecule is CC(c1ccccn1)C(O)c1cccc(Br)c1Cl. The number of pyridine rings is 1. The minimum absolute atomic E-state index is 0.113. The van der Waals surface area contributed by atoms with Crippen LogP contribution in [0.1, 0.15) is 30.2 Å². The predicted octanol–water partition coefficient (Wildman–Crippen LogP) is 4.33. The highest BCUT2D eigenvalue weighted by molar-refractivity contribution is 9.10. The summed E-state index contributed by atoms with van der Waals surface area (Å²) in [6.07, 6.45) is 1.05. The molecule has 0 aliphatic heterocycles. The number of rotatable bonds is 3. The number of hydrogen-bond acceptors (Lipinski definition) is 2. The molecule has 1 aromatic carbocycles. The van der Waals surface area contributed by atoms with E-state index in [4.69, 9.17) is 11.6 Å². The summed E-state index contributed by atoms with van der Waals surface area (Å²) in [5, 5.41) is 11.0. The van der Waals surface area contributed by atoms with Crippen LogP contribution in [0.25, 0.3) is 0 Å². The zero-order valence-electron chi connectivity index (χ0n) is 9.85. The summed E-state index contributed by atoms with van der Waals surface area (Å²) >= 11 is 9.55. The van der Waals surface area contributed by atoms with E-state index in [0.29, 0.717) is 10.6 Å². The van der Waals surface area contributed by atoms with Crippen molar-refractivity contribution in [1.82, 2.24) is 4.98 Å². The van der Waals surface area contributed by atoms with E-state index < -0.39 is 6.10 Å². The Hall–Kier alpha value is -0.900. The molecular weight excluding hydrogens is 314 g/mol. The molecule has 94 valence electrons. The molecule has 0 aliphatic carbocycles. The van der Waals surface area contributed by atoms with Gasteiger partial charge >= 0.3 is 0 Å². The average Bonchev–Trinajstić information content (AvgIpc) is 2.41. The fourth-order valence-corrected chi connectivity index (χ4v) is 2.44. The fourth-order valence-electron chi connectivity index (χ4n) is 1.83. The molecule has 0 radical (unpaired) electrons. The number of benzene rings is 1. The molecule has 1 aromatic heterocycles. The Morgan fingerprint density at radius 1 is 1.22 bits per heavy atom. The van der Waals surface area contributed by atoms with Crippen LogP contribution in [0.5, 0.6) is 0 Å². The molecule has 18 heavy (non-hydrogen) atoms. The Balaban J connectivity index is 2.31. The van der Waals surface area contributed by atoms with Gasteiger partial charge in [-0.05, 0) is 34.1 Å². The summed E-state index contributed by atoms with van der Waals surface area (Å²) in [7, 11) is 0. The first kappa shape index (κ1) is 13.5. The second-order valence-corrected chi connectivity index (χ2v) is 5.36. The maximum absolute atomic E-state index is 10.4. The van der Waals surface area contributed by atoms with E-state index in [0.717, 1.165) is 10.2 Å². The van der Waals surface area contributed by atoms with Crippen molar-refractivity contribution < 1.29 is 5.11 Å². The molecule has 4 heteroatoms. The molecule has 2 aromatic rings. The normalized spacial score (nSPS) is 14.2. The van der Waals surface area contributed by atoms with Crippen LogP contribution in [0.3, 0.4) is 0 Å². The molecule has 0 aliphatic rings. The number of halogens is 2. The number of aliphatic hydroxyl groups is 1. The lowest BCUT2D eigenvalue weighted by Gasteiger charge is -2.20. The minimum atomic E-state index is -0.676. The molecule has 2 nitrogen and oxygen atoms in total. The Bertz CT molecular complexity index is 533. The first-order valence-corrected chi connectivity index (χ1v) is 6.81. The van der Waals surface area contributed by atoms with Gasteiger partial charge in [0.05, 0.1) is 11.1 Å². The highest BCUT2D eigenvalue weighted by Gasteiger charge is 2.22. The molecule has 0 amide bonds. The van der Waals surface area contributed by atoms with Crippen molar-refractivity contribution in [3.63, 3.8) is 0 Å². The molecule has 0 spiro atoms. The molecule has 0 bridgehead atoms. The lowest BCUT2D eigenvalue weighted by atomic mass is 9.94. The van der Waals surface area contributed by atoms with Crippen LogP contribution in [0, 0.1) is 0 Å². The predicted molar refractivity (Wildman–Crippen MR) is 76.8 cm³/mol. The number of aliphatic hydroxyl groups excluding tert-OH is 1. The third-order valence-corrected chi connectivity index (χ3v) is 4.24. The second-order valence-electron chi connectivity index (χ2n) is 4.13. The molecule has 0 saturated carbocycles. The van der Waals surface area contributed by atoms with Crippen LogP contribution in [0.2, 0.25) is 5.02 Å². The number of aromatic nitrogens is 1. The lowest BCUT2D eigenvalue weighted by Crippen LogP contribution is -2.09. The molecule has 0 saturated heterocycles. The summed E-state index contributed by atoms with van der Waals surface area (Å²) in [5.74, 6) is -0.113. The molecule has 1 heterocycles. The van der Waals surface area contributed by atoms with Crippen molar-refractivity contribution in [2.45, 2.75) is 18.9 Å². The maximum Gasteiger partial charge on any atom is 0.0885 e. The van der Waals surface area contributed by atoms with E-state index in [2.05, 4.69) is 20.9 Å². The molecular formula is C14H13BrClNO. The zero-order chi connectivity index (χ0) is 13.1. The third-order valence-electron chi connectivity index (χ3n) is 2.93. The third kappa shape index (κ3) is 2.74. The van der Waals surface area contributed by atoms with Crippen molar-refractivity contribution in [2.75, 3.05) is 0 Å². The van der Waals surface area contributed by atoms with Gasteiger partial charge in [0.25, 0.3) is 0 Å². The largest absolute Gasteiger partial charge is 0.388 e. The summed E-state index contributed by atoms with van der Waals surface area (Å²) in [6, 6.07) is 11.2. The fraction of sp³-hybridized carbons (Fsp3) is 0.214. The second kappa shape index (κ2) is 5.83. The molecule has 2 unspecified atom stereocenters. The van der Waals surface area contributed by atoms with Gasteiger partial charge in [-0.3, -0.25) is 4.98 Å². The quantitative estimate of drug-likeness (QED) is 0.910. The Morgan fingerprint density at radius 3 is 2.67 bits per heavy atom. The van der Waals surface area contributed by atoms with Gasteiger partial charge in [-0.25, -0.2) is 0 Å². The van der Waals surface area contributed by atoms with E-state index in [1.807, 2.05) is 43.3 Å². The van der Waals surface area contributed by atoms with Gasteiger partial charge in [-0.15, -0.1) is 0 Å². The number of hydrogen-bond donors (Lipinski definition) is 1. The van der Waals surface area contributed by atoms with Crippen LogP contribution in [-0.4, -0.2) is 10.1 Å². The van der Waals surface area contributed by atoms with Gasteiger partial charge in [-0.1, -0.05) is 36.7 Å². The van der Waals surface area contributed by atoms with Crippen LogP contribution < -0.4 is 0 Å². The summed E-state index contributed by atoms with van der Waals surface area (Å²) in [6.45, 7) is 1.93. The maximum atomic E-state index is 10.4. The van der Waals surface area contributed by atoms with Crippen LogP contribution in [0.15, 0.2) is 47.1 Å². The minimum Gasteiger partial charge on any atom is -0.388 e. The summed E-state index contributed by atoms with van der Waals surface area (Å²) in [5.41, 5.74) is 1.56. The summed E-state index contributed by atoms with van der Waals surface area (Å²) < 4.78 is 0.786. The summed E-state index contributed by atoms with van der Waals surface area (Å²) in [4.78, 5) is 4.26. The molecule has 2 atom stereocenters. The zero-order valence-corrected chi connectivity index (χ0v) is 12.2. The first-order chi connectivity index (χ1) is 8.61. The topological polar surface area (TPSA) is 33.1 Å². The van der Waals surface area contributed by atoms with Gasteiger partial charge in [-0.2, -0.15) is 0 Å². The van der Waals surface area contributed by atoms with Crippen LogP contribution >= 0.6 is 27.5 Å². The van der Waals surface area contributed by atoms with Gasteiger partial charge in [0.15, 0.2) is 0 Å². The van der Waals surface area contributed by atoms with Crippen molar-refractivity contribution >= 4 is 27.5 Å². The standard InChI is InChI=1S/C14H13BrClNO/c1-9(12-7-2-3-8-17-12)14(18)10-5-4-6-11(15)13(10)16/h2-9,14,18H,1H3. The smallest absolute Gasteiger partial charge is 0.0885 e. The van der Waals surface area contributed by atoms with Crippen LogP contribution in [-0.2, 0) is 0 Å². The van der Waals surface area contributed by atoms with Gasteiger partial charge < -0.3 is 5.11 Å². The molecule has 1 N–H and O–H groups in total. The lowest BCUT2D eigenvalue weighted by molar-refractivity contribution is 0.150. The first-order valence-electron chi connectivity index (χ1n) is 5.64. The van der Waals surface area contributed by atoms with Gasteiger partial charge in [0.1, 0.15) is 0 Å². The van der Waals surface area contributed by atoms with Crippen molar-refractivity contribution in [2.24, 2.45) is 0 Å². The Kier molecular flexibility index (Phi) is 4.38. The average molecular weight is 327 g/mol. The van der Waals surface area contributed by atoms with E-state index in [1.54, 1.807) is 6.20 Å². The van der Waals surface area contributed by atoms with Gasteiger partial charge in [0, 0.05) is 27.8 Å². The van der Waals surface area contributed by atoms with E-state index in [9.17, 15) is 5.11 Å². The van der Waals surface area contributed by atoms with E-state index in [1.165, 1.54) is 0 Å². The monoisotopic (exact) mass is 325 g/mol. The molecule has 2 rings (SSSR count). The highest BCUT2D eigenvalue weighted by atomic mass is 79.9. The van der Waals surface area contributed by atoms with Crippen molar-refractivity contribution in [3.05, 3.63) is 63.3 Å². The Labute approximate surface area is 120 Å². The van der Waals surface area contributed by atoms with Crippen molar-refractivity contribution in [1.29, 1.82) is 0 Å².